The highest BCUT2D eigenvalue weighted by Crippen LogP contribution is 2.21. The Balaban J connectivity index is 1.34. The van der Waals surface area contributed by atoms with Gasteiger partial charge in [0, 0.05) is 49.7 Å². The Kier molecular flexibility index (Phi) is 7.32. The van der Waals surface area contributed by atoms with E-state index in [1.807, 2.05) is 59.5 Å². The smallest absolute Gasteiger partial charge is 0.253 e. The third-order valence-electron chi connectivity index (χ3n) is 5.66. The van der Waals surface area contributed by atoms with Crippen LogP contribution in [-0.4, -0.2) is 73.0 Å². The fraction of sp³-hybridized carbons (Fsp3) is 0.269. The predicted molar refractivity (Wildman–Crippen MR) is 127 cm³/mol. The van der Waals surface area contributed by atoms with Crippen LogP contribution in [0.3, 0.4) is 0 Å². The average molecular weight is 445 g/mol. The number of rotatable bonds is 7. The largest absolute Gasteiger partial charge is 0.492 e. The van der Waals surface area contributed by atoms with Crippen molar-refractivity contribution in [2.24, 2.45) is 0 Å². The van der Waals surface area contributed by atoms with Crippen molar-refractivity contribution in [2.75, 3.05) is 46.4 Å². The van der Waals surface area contributed by atoms with Gasteiger partial charge in [-0.15, -0.1) is 0 Å². The van der Waals surface area contributed by atoms with Crippen LogP contribution < -0.4 is 10.1 Å². The Labute approximate surface area is 194 Å². The van der Waals surface area contributed by atoms with E-state index in [-0.39, 0.29) is 11.8 Å². The molecule has 0 radical (unpaired) electrons. The van der Waals surface area contributed by atoms with Crippen LogP contribution >= 0.6 is 0 Å². The number of aromatic nitrogens is 1. The third kappa shape index (κ3) is 5.96. The molecule has 0 unspecified atom stereocenters. The van der Waals surface area contributed by atoms with Gasteiger partial charge in [-0.05, 0) is 42.9 Å². The molecule has 2 aromatic carbocycles. The van der Waals surface area contributed by atoms with E-state index in [2.05, 4.69) is 22.2 Å². The quantitative estimate of drug-likeness (QED) is 0.567. The molecule has 0 aliphatic carbocycles. The lowest BCUT2D eigenvalue weighted by atomic mass is 10.0. The molecular formula is C26H28N4O3. The summed E-state index contributed by atoms with van der Waals surface area (Å²) >= 11 is 0. The number of pyridine rings is 1. The Hall–Kier alpha value is -3.71. The molecule has 1 aliphatic heterocycles. The molecule has 4 rings (SSSR count). The zero-order chi connectivity index (χ0) is 23.0. The van der Waals surface area contributed by atoms with Crippen molar-refractivity contribution in [3.63, 3.8) is 0 Å². The molecule has 1 N–H and O–H groups in total. The molecule has 0 atom stereocenters. The number of likely N-dealkylation sites (N-methyl/N-ethyl adjacent to an activating group) is 1. The molecular weight excluding hydrogens is 416 g/mol. The molecule has 2 amide bonds. The molecule has 7 heteroatoms. The third-order valence-corrected chi connectivity index (χ3v) is 5.66. The summed E-state index contributed by atoms with van der Waals surface area (Å²) in [6, 6.07) is 18.8. The van der Waals surface area contributed by atoms with E-state index in [1.54, 1.807) is 18.5 Å². The normalized spacial score (nSPS) is 14.0. The van der Waals surface area contributed by atoms with E-state index in [9.17, 15) is 9.59 Å². The van der Waals surface area contributed by atoms with Gasteiger partial charge in [0.05, 0.1) is 12.1 Å². The highest BCUT2D eigenvalue weighted by atomic mass is 16.5. The second-order valence-electron chi connectivity index (χ2n) is 8.05. The summed E-state index contributed by atoms with van der Waals surface area (Å²) in [5.41, 5.74) is 2.87. The second-order valence-corrected chi connectivity index (χ2v) is 8.05. The first-order valence-electron chi connectivity index (χ1n) is 11.1. The number of hydrogen-bond acceptors (Lipinski definition) is 5. The van der Waals surface area contributed by atoms with Gasteiger partial charge in [-0.1, -0.05) is 30.3 Å². The number of benzene rings is 2. The van der Waals surface area contributed by atoms with Crippen molar-refractivity contribution in [3.05, 3.63) is 84.2 Å². The fourth-order valence-corrected chi connectivity index (χ4v) is 3.67. The summed E-state index contributed by atoms with van der Waals surface area (Å²) in [5.74, 6) is 0.617. The van der Waals surface area contributed by atoms with Gasteiger partial charge in [-0.25, -0.2) is 0 Å². The Morgan fingerprint density at radius 2 is 1.64 bits per heavy atom. The first-order chi connectivity index (χ1) is 16.1. The summed E-state index contributed by atoms with van der Waals surface area (Å²) in [7, 11) is 2.07. The molecule has 0 bridgehead atoms. The second kappa shape index (κ2) is 10.7. The molecule has 1 aromatic heterocycles. The molecule has 3 aromatic rings. The number of nitrogens with zero attached hydrogens (tertiary/aromatic N) is 3. The lowest BCUT2D eigenvalue weighted by Gasteiger charge is -2.32. The van der Waals surface area contributed by atoms with Crippen LogP contribution in [0.5, 0.6) is 5.75 Å². The lowest BCUT2D eigenvalue weighted by Crippen LogP contribution is -2.47. The van der Waals surface area contributed by atoms with Crippen molar-refractivity contribution < 1.29 is 14.3 Å². The standard InChI is InChI=1S/C26H28N4O3/c1-29-12-14-30(15-13-29)26(32)21-9-7-20(8-10-21)22-17-23(19-27-18-22)25(31)28-11-16-33-24-5-3-2-4-6-24/h2-10,17-19H,11-16H2,1H3,(H,28,31). The summed E-state index contributed by atoms with van der Waals surface area (Å²) < 4.78 is 5.60. The van der Waals surface area contributed by atoms with Crippen LogP contribution in [0.25, 0.3) is 11.1 Å². The topological polar surface area (TPSA) is 74.8 Å². The van der Waals surface area contributed by atoms with Crippen LogP contribution in [0, 0.1) is 0 Å². The predicted octanol–water partition coefficient (Wildman–Crippen LogP) is 2.95. The number of carbonyl (C=O) groups excluding carboxylic acids is 2. The minimum absolute atomic E-state index is 0.0543. The van der Waals surface area contributed by atoms with Gasteiger partial charge in [-0.3, -0.25) is 14.6 Å². The summed E-state index contributed by atoms with van der Waals surface area (Å²) in [4.78, 5) is 33.6. The monoisotopic (exact) mass is 444 g/mol. The lowest BCUT2D eigenvalue weighted by molar-refractivity contribution is 0.0664. The van der Waals surface area contributed by atoms with Crippen LogP contribution in [0.1, 0.15) is 20.7 Å². The van der Waals surface area contributed by atoms with Crippen molar-refractivity contribution in [2.45, 2.75) is 0 Å². The van der Waals surface area contributed by atoms with Gasteiger partial charge in [-0.2, -0.15) is 0 Å². The number of ether oxygens (including phenoxy) is 1. The molecule has 1 aliphatic rings. The summed E-state index contributed by atoms with van der Waals surface area (Å²) in [6.45, 7) is 4.04. The van der Waals surface area contributed by atoms with E-state index in [0.29, 0.717) is 24.3 Å². The van der Waals surface area contributed by atoms with Gasteiger partial charge in [0.1, 0.15) is 12.4 Å². The number of carbonyl (C=O) groups is 2. The van der Waals surface area contributed by atoms with Crippen LogP contribution in [0.15, 0.2) is 73.1 Å². The highest BCUT2D eigenvalue weighted by molar-refractivity contribution is 5.96. The van der Waals surface area contributed by atoms with Crippen LogP contribution in [0.4, 0.5) is 0 Å². The minimum Gasteiger partial charge on any atom is -0.492 e. The van der Waals surface area contributed by atoms with Crippen LogP contribution in [-0.2, 0) is 0 Å². The fourth-order valence-electron chi connectivity index (χ4n) is 3.67. The van der Waals surface area contributed by atoms with Crippen LogP contribution in [0.2, 0.25) is 0 Å². The maximum atomic E-state index is 12.7. The minimum atomic E-state index is -0.206. The molecule has 1 saturated heterocycles. The summed E-state index contributed by atoms with van der Waals surface area (Å²) in [6.07, 6.45) is 3.26. The average Bonchev–Trinajstić information content (AvgIpc) is 2.87. The van der Waals surface area contributed by atoms with Gasteiger partial charge in [0.15, 0.2) is 0 Å². The zero-order valence-corrected chi connectivity index (χ0v) is 18.7. The molecule has 2 heterocycles. The Morgan fingerprint density at radius 1 is 0.909 bits per heavy atom. The Morgan fingerprint density at radius 3 is 2.36 bits per heavy atom. The first-order valence-corrected chi connectivity index (χ1v) is 11.1. The van der Waals surface area contributed by atoms with E-state index >= 15 is 0 Å². The molecule has 33 heavy (non-hydrogen) atoms. The number of hydrogen-bond donors (Lipinski definition) is 1. The zero-order valence-electron chi connectivity index (χ0n) is 18.7. The number of para-hydroxylation sites is 1. The number of nitrogens with one attached hydrogen (secondary N) is 1. The van der Waals surface area contributed by atoms with Crippen molar-refractivity contribution >= 4 is 11.8 Å². The van der Waals surface area contributed by atoms with Crippen molar-refractivity contribution in [1.29, 1.82) is 0 Å². The highest BCUT2D eigenvalue weighted by Gasteiger charge is 2.20. The molecule has 0 spiro atoms. The van der Waals surface area contributed by atoms with E-state index in [0.717, 1.165) is 43.1 Å². The van der Waals surface area contributed by atoms with E-state index < -0.39 is 0 Å². The SMILES string of the molecule is CN1CCN(C(=O)c2ccc(-c3cncc(C(=O)NCCOc4ccccc4)c3)cc2)CC1. The van der Waals surface area contributed by atoms with Gasteiger partial charge >= 0.3 is 0 Å². The molecule has 1 fully saturated rings. The Bertz CT molecular complexity index is 1080. The molecule has 170 valence electrons. The van der Waals surface area contributed by atoms with E-state index in [1.165, 1.54) is 0 Å². The van der Waals surface area contributed by atoms with Gasteiger partial charge in [0.2, 0.25) is 0 Å². The van der Waals surface area contributed by atoms with Crippen molar-refractivity contribution in [1.82, 2.24) is 20.1 Å². The molecule has 0 saturated carbocycles. The maximum Gasteiger partial charge on any atom is 0.253 e. The van der Waals surface area contributed by atoms with Gasteiger partial charge < -0.3 is 19.9 Å². The summed E-state index contributed by atoms with van der Waals surface area (Å²) in [5, 5.41) is 2.85. The van der Waals surface area contributed by atoms with E-state index in [4.69, 9.17) is 4.74 Å². The first kappa shape index (κ1) is 22.5. The number of piperazine rings is 1. The van der Waals surface area contributed by atoms with Crippen molar-refractivity contribution in [3.8, 4) is 16.9 Å². The van der Waals surface area contributed by atoms with Gasteiger partial charge in [0.25, 0.3) is 11.8 Å². The maximum absolute atomic E-state index is 12.7. The number of amides is 2. The molecule has 7 nitrogen and oxygen atoms in total.